The molecule has 184 valence electrons. The number of nitrogens with one attached hydrogen (secondary N) is 2. The molecule has 0 radical (unpaired) electrons. The van der Waals surface area contributed by atoms with Gasteiger partial charge in [-0.3, -0.25) is 14.9 Å². The Morgan fingerprint density at radius 3 is 2.57 bits per heavy atom. The van der Waals surface area contributed by atoms with Crippen molar-refractivity contribution in [2.45, 2.75) is 46.8 Å². The minimum Gasteiger partial charge on any atom is -0.459 e. The summed E-state index contributed by atoms with van der Waals surface area (Å²) in [6.07, 6.45) is -0.295. The van der Waals surface area contributed by atoms with Gasteiger partial charge < -0.3 is 20.3 Å². The molecule has 3 rings (SSSR count). The van der Waals surface area contributed by atoms with Crippen molar-refractivity contribution in [3.05, 3.63) is 80.5 Å². The lowest BCUT2D eigenvalue weighted by atomic mass is 9.94. The number of nitrogens with zero attached hydrogens (tertiary/aromatic N) is 2. The van der Waals surface area contributed by atoms with Crippen LogP contribution in [0.3, 0.4) is 0 Å². The summed E-state index contributed by atoms with van der Waals surface area (Å²) in [7, 11) is 0. The zero-order valence-electron chi connectivity index (χ0n) is 20.2. The third-order valence-electron chi connectivity index (χ3n) is 5.62. The fourth-order valence-electron chi connectivity index (χ4n) is 3.90. The van der Waals surface area contributed by atoms with Crippen molar-refractivity contribution in [1.29, 1.82) is 0 Å². The Hall–Kier alpha value is -3.79. The number of amides is 1. The number of carbonyl (C=O) groups is 2. The van der Waals surface area contributed by atoms with Gasteiger partial charge >= 0.3 is 5.97 Å². The number of esters is 1. The lowest BCUT2D eigenvalue weighted by Crippen LogP contribution is -2.47. The fourth-order valence-corrected chi connectivity index (χ4v) is 4.28. The number of carbonyl (C=O) groups excluding carboxylic acids is 2. The summed E-state index contributed by atoms with van der Waals surface area (Å²) in [5.41, 5.74) is 2.82. The number of allylic oxidation sites excluding steroid dienone is 1. The van der Waals surface area contributed by atoms with Crippen LogP contribution in [0.1, 0.15) is 55.2 Å². The van der Waals surface area contributed by atoms with Crippen LogP contribution in [-0.4, -0.2) is 39.5 Å². The zero-order valence-corrected chi connectivity index (χ0v) is 21.1. The Morgan fingerprint density at radius 1 is 1.23 bits per heavy atom. The molecule has 2 aromatic rings. The molecule has 9 nitrogen and oxygen atoms in total. The number of anilines is 1. The molecular formula is C25H28N4O5S. The Labute approximate surface area is 209 Å². The fraction of sp³-hybridized carbons (Fsp3) is 0.320. The van der Waals surface area contributed by atoms with E-state index in [1.807, 2.05) is 24.8 Å². The lowest BCUT2D eigenvalue weighted by Gasteiger charge is -2.37. The van der Waals surface area contributed by atoms with E-state index >= 15 is 0 Å². The molecule has 1 aliphatic rings. The van der Waals surface area contributed by atoms with E-state index in [1.54, 1.807) is 39.0 Å². The highest BCUT2D eigenvalue weighted by molar-refractivity contribution is 7.80. The monoisotopic (exact) mass is 496 g/mol. The molecule has 0 aromatic heterocycles. The molecule has 0 bridgehead atoms. The van der Waals surface area contributed by atoms with Crippen molar-refractivity contribution >= 4 is 40.6 Å². The highest BCUT2D eigenvalue weighted by Gasteiger charge is 2.34. The van der Waals surface area contributed by atoms with Crippen LogP contribution in [0, 0.1) is 17.0 Å². The van der Waals surface area contributed by atoms with Crippen molar-refractivity contribution in [1.82, 2.24) is 10.2 Å². The molecule has 1 amide bonds. The summed E-state index contributed by atoms with van der Waals surface area (Å²) >= 11 is 5.52. The van der Waals surface area contributed by atoms with Gasteiger partial charge in [-0.25, -0.2) is 4.79 Å². The maximum absolute atomic E-state index is 13.0. The molecule has 0 aliphatic carbocycles. The summed E-state index contributed by atoms with van der Waals surface area (Å²) in [5.74, 6) is -0.932. The van der Waals surface area contributed by atoms with Crippen molar-refractivity contribution in [3.63, 3.8) is 0 Å². The molecule has 35 heavy (non-hydrogen) atoms. The van der Waals surface area contributed by atoms with Gasteiger partial charge in [0.05, 0.1) is 22.6 Å². The number of ether oxygens (including phenoxy) is 1. The predicted octanol–water partition coefficient (Wildman–Crippen LogP) is 4.63. The first kappa shape index (κ1) is 25.8. The minimum atomic E-state index is -0.575. The Balaban J connectivity index is 1.94. The third-order valence-corrected chi connectivity index (χ3v) is 5.96. The Bertz CT molecular complexity index is 1220. The first-order valence-electron chi connectivity index (χ1n) is 11.2. The number of hydrogen-bond donors (Lipinski definition) is 2. The van der Waals surface area contributed by atoms with Gasteiger partial charge in [0.25, 0.3) is 11.6 Å². The summed E-state index contributed by atoms with van der Waals surface area (Å²) in [6.45, 7) is 9.54. The number of thiocarbonyl (C=S) groups is 1. The van der Waals surface area contributed by atoms with Crippen LogP contribution in [-0.2, 0) is 9.53 Å². The van der Waals surface area contributed by atoms with E-state index in [0.717, 1.165) is 0 Å². The average molecular weight is 497 g/mol. The van der Waals surface area contributed by atoms with Gasteiger partial charge in [-0.1, -0.05) is 18.2 Å². The van der Waals surface area contributed by atoms with Crippen LogP contribution in [0.15, 0.2) is 53.7 Å². The molecule has 10 heteroatoms. The summed E-state index contributed by atoms with van der Waals surface area (Å²) in [4.78, 5) is 38.4. The molecule has 1 atom stereocenters. The molecule has 0 spiro atoms. The quantitative estimate of drug-likeness (QED) is 0.247. The summed E-state index contributed by atoms with van der Waals surface area (Å²) in [5, 5.41) is 17.7. The van der Waals surface area contributed by atoms with E-state index in [9.17, 15) is 19.7 Å². The van der Waals surface area contributed by atoms with Crippen molar-refractivity contribution in [3.8, 4) is 0 Å². The number of nitro groups is 1. The number of aryl methyl sites for hydroxylation is 1. The van der Waals surface area contributed by atoms with Gasteiger partial charge in [-0.05, 0) is 70.6 Å². The molecule has 1 aliphatic heterocycles. The lowest BCUT2D eigenvalue weighted by molar-refractivity contribution is -0.385. The van der Waals surface area contributed by atoms with Crippen LogP contribution in [0.2, 0.25) is 0 Å². The molecule has 2 N–H and O–H groups in total. The Kier molecular flexibility index (Phi) is 7.85. The van der Waals surface area contributed by atoms with Crippen LogP contribution in [0.5, 0.6) is 0 Å². The average Bonchev–Trinajstić information content (AvgIpc) is 2.78. The van der Waals surface area contributed by atoms with E-state index in [4.69, 9.17) is 17.0 Å². The molecule has 2 aromatic carbocycles. The van der Waals surface area contributed by atoms with E-state index in [2.05, 4.69) is 10.6 Å². The smallest absolute Gasteiger partial charge is 0.338 e. The van der Waals surface area contributed by atoms with E-state index in [0.29, 0.717) is 39.7 Å². The largest absolute Gasteiger partial charge is 0.459 e. The first-order chi connectivity index (χ1) is 16.5. The maximum Gasteiger partial charge on any atom is 0.338 e. The van der Waals surface area contributed by atoms with Crippen LogP contribution >= 0.6 is 12.2 Å². The second-order valence-electron chi connectivity index (χ2n) is 8.42. The number of nitro benzene ring substituents is 1. The third kappa shape index (κ3) is 5.65. The standard InChI is InChI=1S/C25H28N4O5S/c1-6-28-16(5)21(24(31)34-14(2)3)22(27-25(28)35)17-8-7-9-19(12-17)26-23(30)18-11-10-15(4)20(13-18)29(32)33/h7-14,22H,6H2,1-5H3,(H,26,30)(H,27,35). The van der Waals surface area contributed by atoms with Crippen LogP contribution in [0.4, 0.5) is 11.4 Å². The molecule has 1 unspecified atom stereocenters. The van der Waals surface area contributed by atoms with Gasteiger partial charge in [0.2, 0.25) is 0 Å². The van der Waals surface area contributed by atoms with E-state index < -0.39 is 22.8 Å². The molecule has 1 heterocycles. The van der Waals surface area contributed by atoms with Crippen LogP contribution < -0.4 is 10.6 Å². The highest BCUT2D eigenvalue weighted by atomic mass is 32.1. The minimum absolute atomic E-state index is 0.124. The SMILES string of the molecule is CCN1C(=S)NC(c2cccc(NC(=O)c3ccc(C)c([N+](=O)[O-])c3)c2)C(C(=O)OC(C)C)=C1C. The van der Waals surface area contributed by atoms with E-state index in [1.165, 1.54) is 18.2 Å². The predicted molar refractivity (Wildman–Crippen MR) is 137 cm³/mol. The number of hydrogen-bond acceptors (Lipinski definition) is 6. The number of rotatable bonds is 7. The topological polar surface area (TPSA) is 114 Å². The Morgan fingerprint density at radius 2 is 1.94 bits per heavy atom. The zero-order chi connectivity index (χ0) is 25.9. The van der Waals surface area contributed by atoms with Gasteiger partial charge in [0, 0.05) is 35.1 Å². The van der Waals surface area contributed by atoms with E-state index in [-0.39, 0.29) is 17.4 Å². The van der Waals surface area contributed by atoms with Crippen molar-refractivity contribution in [2.24, 2.45) is 0 Å². The molecule has 0 fully saturated rings. The van der Waals surface area contributed by atoms with Gasteiger partial charge in [-0.15, -0.1) is 0 Å². The van der Waals surface area contributed by atoms with Crippen molar-refractivity contribution in [2.75, 3.05) is 11.9 Å². The summed E-state index contributed by atoms with van der Waals surface area (Å²) < 4.78 is 5.50. The number of benzene rings is 2. The van der Waals surface area contributed by atoms with Crippen LogP contribution in [0.25, 0.3) is 0 Å². The van der Waals surface area contributed by atoms with Gasteiger partial charge in [-0.2, -0.15) is 0 Å². The molecule has 0 saturated carbocycles. The molecular weight excluding hydrogens is 468 g/mol. The summed E-state index contributed by atoms with van der Waals surface area (Å²) in [6, 6.07) is 10.8. The first-order valence-corrected chi connectivity index (χ1v) is 11.6. The highest BCUT2D eigenvalue weighted by Crippen LogP contribution is 2.33. The second kappa shape index (κ2) is 10.6. The van der Waals surface area contributed by atoms with Gasteiger partial charge in [0.15, 0.2) is 5.11 Å². The maximum atomic E-state index is 13.0. The van der Waals surface area contributed by atoms with Crippen molar-refractivity contribution < 1.29 is 19.2 Å². The van der Waals surface area contributed by atoms with Gasteiger partial charge in [0.1, 0.15) is 0 Å². The molecule has 0 saturated heterocycles. The second-order valence-corrected chi connectivity index (χ2v) is 8.80. The normalized spacial score (nSPS) is 15.7.